The van der Waals surface area contributed by atoms with Gasteiger partial charge in [-0.2, -0.15) is 18.3 Å². The Bertz CT molecular complexity index is 1600. The normalized spacial score (nSPS) is 12.8. The van der Waals surface area contributed by atoms with Crippen LogP contribution >= 0.6 is 0 Å². The zero-order valence-corrected chi connectivity index (χ0v) is 25.9. The number of rotatable bonds is 12. The number of methoxy groups -OCH3 is 2. The average molecular weight is 645 g/mol. The van der Waals surface area contributed by atoms with Crippen LogP contribution in [0.3, 0.4) is 0 Å². The van der Waals surface area contributed by atoms with Gasteiger partial charge in [0.25, 0.3) is 17.7 Å². The molecule has 2 aromatic carbocycles. The van der Waals surface area contributed by atoms with Gasteiger partial charge in [0.05, 0.1) is 25.0 Å². The summed E-state index contributed by atoms with van der Waals surface area (Å²) in [7, 11) is 6.08. The molecule has 246 valence electrons. The van der Waals surface area contributed by atoms with Gasteiger partial charge in [-0.05, 0) is 55.3 Å². The number of alkyl halides is 3. The molecular weight excluding hydrogens is 609 g/mol. The van der Waals surface area contributed by atoms with E-state index in [9.17, 15) is 32.3 Å². The molecule has 1 aliphatic heterocycles. The van der Waals surface area contributed by atoms with Crippen molar-refractivity contribution in [1.82, 2.24) is 25.3 Å². The largest absolute Gasteiger partial charge is 0.497 e. The number of benzene rings is 2. The molecule has 0 aliphatic carbocycles. The Morgan fingerprint density at radius 3 is 2.37 bits per heavy atom. The molecular formula is C31H35F3N6O6. The quantitative estimate of drug-likeness (QED) is 0.290. The van der Waals surface area contributed by atoms with E-state index in [4.69, 9.17) is 9.47 Å². The number of aromatic nitrogens is 2. The number of nitrogens with zero attached hydrogens (tertiary/aromatic N) is 4. The van der Waals surface area contributed by atoms with E-state index in [0.717, 1.165) is 4.68 Å². The van der Waals surface area contributed by atoms with Crippen LogP contribution in [0.1, 0.15) is 55.3 Å². The average Bonchev–Trinajstić information content (AvgIpc) is 3.44. The third-order valence-electron chi connectivity index (χ3n) is 7.29. The van der Waals surface area contributed by atoms with Crippen molar-refractivity contribution in [2.45, 2.75) is 25.4 Å². The van der Waals surface area contributed by atoms with Gasteiger partial charge in [0.15, 0.2) is 5.69 Å². The predicted molar refractivity (Wildman–Crippen MR) is 161 cm³/mol. The minimum Gasteiger partial charge on any atom is -0.497 e. The molecule has 3 aromatic rings. The lowest BCUT2D eigenvalue weighted by atomic mass is 10.0. The van der Waals surface area contributed by atoms with Crippen LogP contribution in [0.5, 0.6) is 5.75 Å². The Morgan fingerprint density at radius 2 is 1.74 bits per heavy atom. The summed E-state index contributed by atoms with van der Waals surface area (Å²) in [4.78, 5) is 54.2. The second-order valence-electron chi connectivity index (χ2n) is 10.6. The lowest BCUT2D eigenvalue weighted by molar-refractivity contribution is -0.142. The van der Waals surface area contributed by atoms with Crippen LogP contribution in [0.4, 0.5) is 18.9 Å². The van der Waals surface area contributed by atoms with Crippen molar-refractivity contribution < 1.29 is 41.8 Å². The number of hydrogen-bond acceptors (Lipinski definition) is 7. The Hall–Kier alpha value is -4.92. The lowest BCUT2D eigenvalue weighted by Crippen LogP contribution is -2.39. The molecule has 0 spiro atoms. The number of amides is 4. The van der Waals surface area contributed by atoms with Crippen LogP contribution in [-0.4, -0.2) is 92.9 Å². The summed E-state index contributed by atoms with van der Waals surface area (Å²) < 4.78 is 53.6. The summed E-state index contributed by atoms with van der Waals surface area (Å²) >= 11 is 0. The molecule has 46 heavy (non-hydrogen) atoms. The van der Waals surface area contributed by atoms with Crippen LogP contribution in [0.2, 0.25) is 0 Å². The Balaban J connectivity index is 1.67. The van der Waals surface area contributed by atoms with E-state index in [0.29, 0.717) is 30.8 Å². The summed E-state index contributed by atoms with van der Waals surface area (Å²) in [5.74, 6) is -1.63. The zero-order valence-electron chi connectivity index (χ0n) is 25.9. The summed E-state index contributed by atoms with van der Waals surface area (Å²) in [6.07, 6.45) is -4.60. The summed E-state index contributed by atoms with van der Waals surface area (Å²) in [5.41, 5.74) is -1.23. The Morgan fingerprint density at radius 1 is 1.02 bits per heavy atom. The molecule has 0 fully saturated rings. The van der Waals surface area contributed by atoms with Gasteiger partial charge in [-0.3, -0.25) is 19.2 Å². The summed E-state index contributed by atoms with van der Waals surface area (Å²) in [5, 5.41) is 9.19. The zero-order chi connectivity index (χ0) is 33.6. The SMILES string of the molecule is COCCNC(=O)CCCNC(=O)c1cc(OC)ccc1-n1nc(C(F)(F)F)c2c1C(=O)N(c1ccc(C(=O)N(C)C)cc1)CC2. The van der Waals surface area contributed by atoms with E-state index in [1.807, 2.05) is 0 Å². The molecule has 1 aliphatic rings. The minimum atomic E-state index is -4.87. The smallest absolute Gasteiger partial charge is 0.435 e. The first-order valence-electron chi connectivity index (χ1n) is 14.4. The molecule has 0 atom stereocenters. The summed E-state index contributed by atoms with van der Waals surface area (Å²) in [6, 6.07) is 10.3. The van der Waals surface area contributed by atoms with Crippen LogP contribution in [0.15, 0.2) is 42.5 Å². The number of carbonyl (C=O) groups is 4. The number of halogens is 3. The number of anilines is 1. The van der Waals surface area contributed by atoms with E-state index in [1.165, 1.54) is 54.4 Å². The maximum Gasteiger partial charge on any atom is 0.435 e. The number of ether oxygens (including phenoxy) is 2. The maximum absolute atomic E-state index is 14.2. The fourth-order valence-electron chi connectivity index (χ4n) is 4.99. The van der Waals surface area contributed by atoms with Crippen molar-refractivity contribution in [3.05, 3.63) is 70.5 Å². The first-order valence-corrected chi connectivity index (χ1v) is 14.4. The second kappa shape index (κ2) is 14.5. The molecule has 12 nitrogen and oxygen atoms in total. The van der Waals surface area contributed by atoms with Crippen molar-refractivity contribution in [2.75, 3.05) is 59.5 Å². The third-order valence-corrected chi connectivity index (χ3v) is 7.29. The van der Waals surface area contributed by atoms with E-state index < -0.39 is 23.7 Å². The summed E-state index contributed by atoms with van der Waals surface area (Å²) in [6.45, 7) is 0.743. The van der Waals surface area contributed by atoms with Gasteiger partial charge in [0, 0.05) is 64.1 Å². The Labute approximate surface area is 263 Å². The number of fused-ring (bicyclic) bond motifs is 1. The molecule has 0 unspecified atom stereocenters. The molecule has 15 heteroatoms. The van der Waals surface area contributed by atoms with Crippen molar-refractivity contribution in [2.24, 2.45) is 0 Å². The topological polar surface area (TPSA) is 135 Å². The molecule has 4 amide bonds. The molecule has 1 aromatic heterocycles. The van der Waals surface area contributed by atoms with E-state index in [1.54, 1.807) is 26.2 Å². The van der Waals surface area contributed by atoms with Gasteiger partial charge in [-0.15, -0.1) is 0 Å². The Kier molecular flexibility index (Phi) is 10.7. The fourth-order valence-corrected chi connectivity index (χ4v) is 4.99. The molecule has 0 saturated carbocycles. The highest BCUT2D eigenvalue weighted by Crippen LogP contribution is 2.38. The first kappa shape index (κ1) is 34.0. The standard InChI is InChI=1S/C31H35F3N6O6/c1-38(2)29(43)19-7-9-20(10-8-19)39-16-13-22-26(30(39)44)40(37-27(22)31(32,33)34)24-12-11-21(46-4)18-23(24)28(42)36-14-5-6-25(41)35-15-17-45-3/h7-12,18H,5-6,13-17H2,1-4H3,(H,35,41)(H,36,42). The van der Waals surface area contributed by atoms with E-state index in [2.05, 4.69) is 15.7 Å². The fraction of sp³-hybridized carbons (Fsp3) is 0.387. The van der Waals surface area contributed by atoms with Crippen LogP contribution in [0.25, 0.3) is 5.69 Å². The molecule has 0 bridgehead atoms. The molecule has 2 N–H and O–H groups in total. The van der Waals surface area contributed by atoms with Crippen LogP contribution in [-0.2, 0) is 22.1 Å². The van der Waals surface area contributed by atoms with E-state index in [-0.39, 0.29) is 66.0 Å². The molecule has 4 rings (SSSR count). The second-order valence-corrected chi connectivity index (χ2v) is 10.6. The maximum atomic E-state index is 14.2. The van der Waals surface area contributed by atoms with Crippen molar-refractivity contribution in [3.8, 4) is 11.4 Å². The number of carbonyl (C=O) groups excluding carboxylic acids is 4. The lowest BCUT2D eigenvalue weighted by Gasteiger charge is -2.28. The monoisotopic (exact) mass is 644 g/mol. The third kappa shape index (κ3) is 7.47. The first-order chi connectivity index (χ1) is 21.9. The van der Waals surface area contributed by atoms with Gasteiger partial charge >= 0.3 is 6.18 Å². The van der Waals surface area contributed by atoms with Crippen LogP contribution in [0, 0.1) is 0 Å². The van der Waals surface area contributed by atoms with Crippen LogP contribution < -0.4 is 20.3 Å². The van der Waals surface area contributed by atoms with Gasteiger partial charge in [0.2, 0.25) is 5.91 Å². The number of hydrogen-bond donors (Lipinski definition) is 2. The van der Waals surface area contributed by atoms with Gasteiger partial charge in [0.1, 0.15) is 11.4 Å². The van der Waals surface area contributed by atoms with Crippen molar-refractivity contribution in [1.29, 1.82) is 0 Å². The van der Waals surface area contributed by atoms with Gasteiger partial charge in [-0.1, -0.05) is 0 Å². The van der Waals surface area contributed by atoms with Crippen molar-refractivity contribution >= 4 is 29.3 Å². The highest BCUT2D eigenvalue weighted by atomic mass is 19.4. The van der Waals surface area contributed by atoms with Gasteiger partial charge in [-0.25, -0.2) is 4.68 Å². The number of nitrogens with one attached hydrogen (secondary N) is 2. The predicted octanol–water partition coefficient (Wildman–Crippen LogP) is 3.08. The van der Waals surface area contributed by atoms with E-state index >= 15 is 0 Å². The highest BCUT2D eigenvalue weighted by Gasteiger charge is 2.43. The highest BCUT2D eigenvalue weighted by molar-refractivity contribution is 6.08. The molecule has 0 radical (unpaired) electrons. The van der Waals surface area contributed by atoms with Gasteiger partial charge < -0.3 is 29.9 Å². The van der Waals surface area contributed by atoms with Crippen molar-refractivity contribution in [3.63, 3.8) is 0 Å². The molecule has 2 heterocycles. The molecule has 0 saturated heterocycles. The minimum absolute atomic E-state index is 0.0589.